The van der Waals surface area contributed by atoms with Gasteiger partial charge in [-0.2, -0.15) is 0 Å². The van der Waals surface area contributed by atoms with Gasteiger partial charge >= 0.3 is 0 Å². The molecule has 1 aliphatic heterocycles. The number of sulfonamides is 1. The third kappa shape index (κ3) is 1.12. The average molecular weight is 255 g/mol. The molecule has 0 fully saturated rings. The van der Waals surface area contributed by atoms with Gasteiger partial charge in [-0.25, -0.2) is 13.1 Å². The van der Waals surface area contributed by atoms with Crippen LogP contribution in [0.5, 0.6) is 0 Å². The maximum Gasteiger partial charge on any atom is 0.269 e. The van der Waals surface area contributed by atoms with Crippen LogP contribution in [0.25, 0.3) is 11.2 Å². The van der Waals surface area contributed by atoms with Crippen molar-refractivity contribution in [2.75, 3.05) is 0 Å². The molecule has 0 atom stereocenters. The van der Waals surface area contributed by atoms with E-state index in [4.69, 9.17) is 0 Å². The van der Waals surface area contributed by atoms with Crippen LogP contribution in [0, 0.1) is 0 Å². The molecule has 0 unspecified atom stereocenters. The summed E-state index contributed by atoms with van der Waals surface area (Å²) in [6.45, 7) is 1.28. The maximum atomic E-state index is 11.6. The lowest BCUT2D eigenvalue weighted by atomic mass is 10.1. The van der Waals surface area contributed by atoms with Crippen LogP contribution in [0.1, 0.15) is 27.6 Å². The largest absolute Gasteiger partial charge is 0.294 e. The van der Waals surface area contributed by atoms with Gasteiger partial charge in [-0.1, -0.05) is 0 Å². The summed E-state index contributed by atoms with van der Waals surface area (Å²) < 4.78 is 34.2. The summed E-state index contributed by atoms with van der Waals surface area (Å²) in [6.07, 6.45) is 0. The fraction of sp³-hybridized carbons (Fsp3) is 0.111. The van der Waals surface area contributed by atoms with Gasteiger partial charge in [-0.3, -0.25) is 18.7 Å². The normalized spacial score (nSPS) is 17.1. The summed E-state index contributed by atoms with van der Waals surface area (Å²) in [7, 11) is -3.92. The molecule has 7 nitrogen and oxygen atoms in total. The molecule has 0 saturated carbocycles. The van der Waals surface area contributed by atoms with Crippen molar-refractivity contribution in [3.05, 3.63) is 17.2 Å². The molecular weight excluding hydrogens is 250 g/mol. The molecule has 1 amide bonds. The second kappa shape index (κ2) is 2.77. The molecule has 0 radical (unpaired) electrons. The second-order valence-corrected chi connectivity index (χ2v) is 5.24. The lowest BCUT2D eigenvalue weighted by Crippen LogP contribution is -2.20. The van der Waals surface area contributed by atoms with Gasteiger partial charge in [-0.05, 0) is 13.0 Å². The molecule has 2 heterocycles. The smallest absolute Gasteiger partial charge is 0.269 e. The standard InChI is InChI=1S/C9H5NO6S/c1-3(11)4-2-5-8(7-6(4)15-16-7)17(13,14)10-9(5)12/h2H,1H3,(H,10,12). The average Bonchev–Trinajstić information content (AvgIpc) is 2.36. The molecule has 0 bridgehead atoms. The number of amides is 1. The number of benzene rings is 1. The van der Waals surface area contributed by atoms with E-state index in [9.17, 15) is 18.0 Å². The first-order valence-electron chi connectivity index (χ1n) is 4.55. The highest BCUT2D eigenvalue weighted by Gasteiger charge is 2.39. The van der Waals surface area contributed by atoms with Crippen LogP contribution in [0.3, 0.4) is 0 Å². The highest BCUT2D eigenvalue weighted by molar-refractivity contribution is 7.91. The predicted octanol–water partition coefficient (Wildman–Crippen LogP) is 0.660. The number of hydrogen-bond acceptors (Lipinski definition) is 6. The van der Waals surface area contributed by atoms with E-state index >= 15 is 0 Å². The number of nitrogens with one attached hydrogen (secondary N) is 1. The van der Waals surface area contributed by atoms with E-state index in [0.29, 0.717) is 0 Å². The predicted molar refractivity (Wildman–Crippen MR) is 53.1 cm³/mol. The summed E-state index contributed by atoms with van der Waals surface area (Å²) in [5.74, 6) is -1.12. The fourth-order valence-electron chi connectivity index (χ4n) is 1.76. The molecule has 17 heavy (non-hydrogen) atoms. The van der Waals surface area contributed by atoms with Crippen LogP contribution < -0.4 is 4.72 Å². The summed E-state index contributed by atoms with van der Waals surface area (Å²) >= 11 is 0. The van der Waals surface area contributed by atoms with Crippen molar-refractivity contribution in [3.8, 4) is 0 Å². The molecule has 88 valence electrons. The van der Waals surface area contributed by atoms with Crippen LogP contribution in [0.2, 0.25) is 0 Å². The molecule has 8 heteroatoms. The van der Waals surface area contributed by atoms with E-state index in [-0.39, 0.29) is 33.0 Å². The van der Waals surface area contributed by atoms with E-state index in [1.54, 1.807) is 0 Å². The Morgan fingerprint density at radius 3 is 2.47 bits per heavy atom. The third-order valence-electron chi connectivity index (χ3n) is 2.52. The number of Topliss-reactive ketones (excluding diaryl/α,β-unsaturated/α-hetero) is 1. The molecule has 3 rings (SSSR count). The molecule has 1 N–H and O–H groups in total. The van der Waals surface area contributed by atoms with Crippen LogP contribution in [-0.4, -0.2) is 20.1 Å². The summed E-state index contributed by atoms with van der Waals surface area (Å²) in [6, 6.07) is 1.19. The lowest BCUT2D eigenvalue weighted by Gasteiger charge is -2.05. The Balaban J connectivity index is 2.49. The van der Waals surface area contributed by atoms with Gasteiger partial charge < -0.3 is 0 Å². The van der Waals surface area contributed by atoms with Crippen molar-refractivity contribution in [3.63, 3.8) is 0 Å². The van der Waals surface area contributed by atoms with Crippen molar-refractivity contribution >= 4 is 32.9 Å². The highest BCUT2D eigenvalue weighted by atomic mass is 32.2. The SMILES string of the molecule is CC(=O)c1cc2c(c3ooc13)S(=O)(=O)NC2=O. The Bertz CT molecular complexity index is 778. The maximum absolute atomic E-state index is 11.6. The zero-order valence-electron chi connectivity index (χ0n) is 8.44. The Hall–Kier alpha value is -2.09. The van der Waals surface area contributed by atoms with Gasteiger partial charge in [0.05, 0.1) is 11.1 Å². The first kappa shape index (κ1) is 10.1. The van der Waals surface area contributed by atoms with Crippen LogP contribution in [-0.2, 0) is 10.0 Å². The van der Waals surface area contributed by atoms with E-state index in [0.717, 1.165) is 0 Å². The molecule has 0 saturated heterocycles. The minimum absolute atomic E-state index is 0.0522. The number of ketones is 1. The van der Waals surface area contributed by atoms with E-state index < -0.39 is 15.9 Å². The Morgan fingerprint density at radius 1 is 1.29 bits per heavy atom. The van der Waals surface area contributed by atoms with Gasteiger partial charge in [0.25, 0.3) is 15.9 Å². The van der Waals surface area contributed by atoms with Gasteiger partial charge in [-0.15, -0.1) is 0 Å². The number of fused-ring (bicyclic) bond motifs is 3. The number of rotatable bonds is 1. The first-order chi connectivity index (χ1) is 7.92. The van der Waals surface area contributed by atoms with Gasteiger partial charge in [0, 0.05) is 0 Å². The van der Waals surface area contributed by atoms with Crippen molar-refractivity contribution in [1.82, 2.24) is 4.72 Å². The minimum atomic E-state index is -3.92. The van der Waals surface area contributed by atoms with E-state index in [2.05, 4.69) is 9.15 Å². The molecule has 0 aliphatic carbocycles. The summed E-state index contributed by atoms with van der Waals surface area (Å²) in [5, 5.41) is 0. The number of hydrogen-bond donors (Lipinski definition) is 1. The van der Waals surface area contributed by atoms with Crippen molar-refractivity contribution in [2.45, 2.75) is 11.8 Å². The zero-order valence-corrected chi connectivity index (χ0v) is 9.25. The zero-order chi connectivity index (χ0) is 12.4. The number of carbonyl (C=O) groups is 2. The topological polar surface area (TPSA) is 107 Å². The number of carbonyl (C=O) groups excluding carboxylic acids is 2. The monoisotopic (exact) mass is 255 g/mol. The van der Waals surface area contributed by atoms with Gasteiger partial charge in [0.15, 0.2) is 10.7 Å². The quantitative estimate of drug-likeness (QED) is 0.592. The first-order valence-corrected chi connectivity index (χ1v) is 6.04. The van der Waals surface area contributed by atoms with E-state index in [1.807, 2.05) is 4.72 Å². The second-order valence-electron chi connectivity index (χ2n) is 3.62. The van der Waals surface area contributed by atoms with Crippen molar-refractivity contribution in [2.24, 2.45) is 0 Å². The molecule has 1 aromatic heterocycles. The van der Waals surface area contributed by atoms with Crippen molar-refractivity contribution < 1.29 is 27.2 Å². The molecular formula is C9H5NO6S. The third-order valence-corrected chi connectivity index (χ3v) is 3.92. The Morgan fingerprint density at radius 2 is 1.94 bits per heavy atom. The molecule has 0 spiro atoms. The summed E-state index contributed by atoms with van der Waals surface area (Å²) in [4.78, 5) is 22.5. The fourth-order valence-corrected chi connectivity index (χ4v) is 3.02. The highest BCUT2D eigenvalue weighted by Crippen LogP contribution is 2.35. The molecule has 2 aromatic rings. The lowest BCUT2D eigenvalue weighted by molar-refractivity contribution is 0.0549. The minimum Gasteiger partial charge on any atom is -0.294 e. The summed E-state index contributed by atoms with van der Waals surface area (Å²) in [5.41, 5.74) is -0.0168. The van der Waals surface area contributed by atoms with Crippen LogP contribution in [0.4, 0.5) is 0 Å². The van der Waals surface area contributed by atoms with Gasteiger partial charge in [0.2, 0.25) is 11.2 Å². The Kier molecular flexibility index (Phi) is 1.65. The molecule has 1 aromatic carbocycles. The van der Waals surface area contributed by atoms with Crippen LogP contribution >= 0.6 is 0 Å². The van der Waals surface area contributed by atoms with E-state index in [1.165, 1.54) is 13.0 Å². The molecule has 1 aliphatic rings. The van der Waals surface area contributed by atoms with Crippen molar-refractivity contribution in [1.29, 1.82) is 0 Å². The Labute approximate surface area is 94.3 Å². The van der Waals surface area contributed by atoms with Crippen LogP contribution in [0.15, 0.2) is 20.1 Å². The van der Waals surface area contributed by atoms with Gasteiger partial charge in [0.1, 0.15) is 0 Å².